The zero-order valence-corrected chi connectivity index (χ0v) is 16.4. The molecule has 136 valence electrons. The Hall–Kier alpha value is -0.0800. The molecule has 2 aliphatic rings. The van der Waals surface area contributed by atoms with E-state index in [2.05, 4.69) is 37.5 Å². The van der Waals surface area contributed by atoms with Gasteiger partial charge in [0.2, 0.25) is 0 Å². The quantitative estimate of drug-likeness (QED) is 0.627. The van der Waals surface area contributed by atoms with Crippen LogP contribution in [-0.2, 0) is 0 Å². The Balaban J connectivity index is 1.58. The van der Waals surface area contributed by atoms with Crippen molar-refractivity contribution in [1.82, 2.24) is 9.80 Å². The molecule has 23 heavy (non-hydrogen) atoms. The Morgan fingerprint density at radius 2 is 1.48 bits per heavy atom. The van der Waals surface area contributed by atoms with E-state index >= 15 is 0 Å². The molecule has 1 unspecified atom stereocenters. The van der Waals surface area contributed by atoms with Crippen LogP contribution in [0.5, 0.6) is 0 Å². The minimum absolute atomic E-state index is 0.867. The summed E-state index contributed by atoms with van der Waals surface area (Å²) in [6.45, 7) is 17.7. The third kappa shape index (κ3) is 6.74. The molecule has 0 aliphatic carbocycles. The normalized spacial score (nSPS) is 24.4. The molecule has 0 N–H and O–H groups in total. The summed E-state index contributed by atoms with van der Waals surface area (Å²) in [5.74, 6) is 3.77. The number of likely N-dealkylation sites (tertiary alicyclic amines) is 2. The number of hydrogen-bond acceptors (Lipinski definition) is 2. The maximum atomic E-state index is 2.78. The van der Waals surface area contributed by atoms with Crippen LogP contribution in [-0.4, -0.2) is 49.1 Å². The van der Waals surface area contributed by atoms with E-state index in [1.807, 2.05) is 0 Å². The van der Waals surface area contributed by atoms with Crippen LogP contribution in [0.2, 0.25) is 0 Å². The van der Waals surface area contributed by atoms with Gasteiger partial charge < -0.3 is 9.80 Å². The molecule has 0 aromatic carbocycles. The molecular formula is C21H42N2. The molecule has 2 heteroatoms. The van der Waals surface area contributed by atoms with Gasteiger partial charge in [-0.2, -0.15) is 0 Å². The van der Waals surface area contributed by atoms with E-state index in [4.69, 9.17) is 0 Å². The molecule has 2 saturated heterocycles. The molecule has 2 aliphatic heterocycles. The lowest BCUT2D eigenvalue weighted by atomic mass is 9.83. The smallest absolute Gasteiger partial charge is 0.00106 e. The Labute approximate surface area is 146 Å². The van der Waals surface area contributed by atoms with Crippen LogP contribution in [0, 0.1) is 23.7 Å². The summed E-state index contributed by atoms with van der Waals surface area (Å²) in [7, 11) is 0. The first-order chi connectivity index (χ1) is 11.1. The second-order valence-electron chi connectivity index (χ2n) is 8.84. The standard InChI is InChI=1S/C21H42N2/c1-5-19(4)21-10-15-23(16-11-21)17-20-8-13-22(14-9-20)12-6-7-18(2)3/h18-21H,5-17H2,1-4H3. The van der Waals surface area contributed by atoms with Crippen molar-refractivity contribution in [3.63, 3.8) is 0 Å². The largest absolute Gasteiger partial charge is 0.303 e. The molecule has 0 spiro atoms. The summed E-state index contributed by atoms with van der Waals surface area (Å²) in [5.41, 5.74) is 0. The predicted octanol–water partition coefficient (Wildman–Crippen LogP) is 4.89. The van der Waals surface area contributed by atoms with Gasteiger partial charge in [-0.1, -0.05) is 34.1 Å². The van der Waals surface area contributed by atoms with E-state index < -0.39 is 0 Å². The van der Waals surface area contributed by atoms with Crippen molar-refractivity contribution in [3.05, 3.63) is 0 Å². The first-order valence-corrected chi connectivity index (χ1v) is 10.5. The second-order valence-corrected chi connectivity index (χ2v) is 8.84. The van der Waals surface area contributed by atoms with Crippen molar-refractivity contribution in [1.29, 1.82) is 0 Å². The maximum Gasteiger partial charge on any atom is 0.00106 e. The Morgan fingerprint density at radius 1 is 0.870 bits per heavy atom. The van der Waals surface area contributed by atoms with Gasteiger partial charge in [0, 0.05) is 6.54 Å². The van der Waals surface area contributed by atoms with Gasteiger partial charge in [0.1, 0.15) is 0 Å². The van der Waals surface area contributed by atoms with E-state index in [1.165, 1.54) is 84.2 Å². The van der Waals surface area contributed by atoms with Crippen molar-refractivity contribution in [2.45, 2.75) is 72.6 Å². The summed E-state index contributed by atoms with van der Waals surface area (Å²) in [5, 5.41) is 0. The van der Waals surface area contributed by atoms with E-state index in [-0.39, 0.29) is 0 Å². The average Bonchev–Trinajstić information content (AvgIpc) is 2.56. The van der Waals surface area contributed by atoms with Crippen LogP contribution in [0.25, 0.3) is 0 Å². The maximum absolute atomic E-state index is 2.78. The lowest BCUT2D eigenvalue weighted by Crippen LogP contribution is -2.42. The molecule has 2 rings (SSSR count). The molecule has 0 aromatic rings. The van der Waals surface area contributed by atoms with Crippen LogP contribution in [0.4, 0.5) is 0 Å². The lowest BCUT2D eigenvalue weighted by molar-refractivity contribution is 0.104. The number of nitrogens with zero attached hydrogens (tertiary/aromatic N) is 2. The second kappa shape index (κ2) is 10.0. The molecule has 0 amide bonds. The summed E-state index contributed by atoms with van der Waals surface area (Å²) >= 11 is 0. The zero-order chi connectivity index (χ0) is 16.7. The fourth-order valence-electron chi connectivity index (χ4n) is 4.52. The minimum atomic E-state index is 0.867. The number of rotatable bonds is 8. The molecule has 2 nitrogen and oxygen atoms in total. The van der Waals surface area contributed by atoms with E-state index in [0.717, 1.165) is 23.7 Å². The fourth-order valence-corrected chi connectivity index (χ4v) is 4.52. The van der Waals surface area contributed by atoms with Gasteiger partial charge in [-0.05, 0) is 94.9 Å². The summed E-state index contributed by atoms with van der Waals surface area (Å²) in [6, 6.07) is 0. The van der Waals surface area contributed by atoms with Gasteiger partial charge in [-0.15, -0.1) is 0 Å². The molecule has 1 atom stereocenters. The number of piperidine rings is 2. The predicted molar refractivity (Wildman–Crippen MR) is 102 cm³/mol. The highest BCUT2D eigenvalue weighted by molar-refractivity contribution is 4.80. The van der Waals surface area contributed by atoms with E-state index in [0.29, 0.717) is 0 Å². The van der Waals surface area contributed by atoms with E-state index in [1.54, 1.807) is 0 Å². The Morgan fingerprint density at radius 3 is 2.04 bits per heavy atom. The minimum Gasteiger partial charge on any atom is -0.303 e. The highest BCUT2D eigenvalue weighted by Gasteiger charge is 2.26. The van der Waals surface area contributed by atoms with Crippen molar-refractivity contribution >= 4 is 0 Å². The van der Waals surface area contributed by atoms with Crippen LogP contribution in [0.15, 0.2) is 0 Å². The van der Waals surface area contributed by atoms with Crippen LogP contribution in [0.1, 0.15) is 72.6 Å². The van der Waals surface area contributed by atoms with Gasteiger partial charge in [-0.25, -0.2) is 0 Å². The van der Waals surface area contributed by atoms with Crippen LogP contribution in [0.3, 0.4) is 0 Å². The SMILES string of the molecule is CCC(C)C1CCN(CC2CCN(CCCC(C)C)CC2)CC1. The summed E-state index contributed by atoms with van der Waals surface area (Å²) in [4.78, 5) is 5.49. The van der Waals surface area contributed by atoms with Gasteiger partial charge in [-0.3, -0.25) is 0 Å². The van der Waals surface area contributed by atoms with Crippen molar-refractivity contribution in [2.75, 3.05) is 39.3 Å². The Kier molecular flexibility index (Phi) is 8.40. The van der Waals surface area contributed by atoms with Gasteiger partial charge in [0.25, 0.3) is 0 Å². The molecule has 0 bridgehead atoms. The zero-order valence-electron chi connectivity index (χ0n) is 16.4. The van der Waals surface area contributed by atoms with E-state index in [9.17, 15) is 0 Å². The van der Waals surface area contributed by atoms with Crippen LogP contribution >= 0.6 is 0 Å². The topological polar surface area (TPSA) is 6.48 Å². The lowest BCUT2D eigenvalue weighted by Gasteiger charge is -2.39. The highest BCUT2D eigenvalue weighted by Crippen LogP contribution is 2.28. The molecule has 2 heterocycles. The molecular weight excluding hydrogens is 280 g/mol. The molecule has 0 aromatic heterocycles. The average molecular weight is 323 g/mol. The highest BCUT2D eigenvalue weighted by atomic mass is 15.2. The van der Waals surface area contributed by atoms with Gasteiger partial charge >= 0.3 is 0 Å². The third-order valence-corrected chi connectivity index (χ3v) is 6.56. The molecule has 0 saturated carbocycles. The third-order valence-electron chi connectivity index (χ3n) is 6.56. The summed E-state index contributed by atoms with van der Waals surface area (Å²) in [6.07, 6.45) is 9.92. The van der Waals surface area contributed by atoms with Gasteiger partial charge in [0.15, 0.2) is 0 Å². The monoisotopic (exact) mass is 322 g/mol. The fraction of sp³-hybridized carbons (Fsp3) is 1.00. The van der Waals surface area contributed by atoms with Crippen molar-refractivity contribution in [2.24, 2.45) is 23.7 Å². The van der Waals surface area contributed by atoms with Gasteiger partial charge in [0.05, 0.1) is 0 Å². The van der Waals surface area contributed by atoms with Crippen LogP contribution < -0.4 is 0 Å². The Bertz CT molecular complexity index is 299. The molecule has 0 radical (unpaired) electrons. The summed E-state index contributed by atoms with van der Waals surface area (Å²) < 4.78 is 0. The number of hydrogen-bond donors (Lipinski definition) is 0. The van der Waals surface area contributed by atoms with Crippen molar-refractivity contribution < 1.29 is 0 Å². The van der Waals surface area contributed by atoms with Crippen molar-refractivity contribution in [3.8, 4) is 0 Å². The first-order valence-electron chi connectivity index (χ1n) is 10.5. The first kappa shape index (κ1) is 19.2. The molecule has 2 fully saturated rings.